The van der Waals surface area contributed by atoms with Crippen molar-refractivity contribution >= 4 is 88.9 Å². The van der Waals surface area contributed by atoms with Gasteiger partial charge >= 0.3 is 30.3 Å². The molecule has 3 heterocycles. The smallest absolute Gasteiger partial charge is 0.419 e. The number of aliphatic carboxylic acids is 3. The average Bonchev–Trinajstić information content (AvgIpc) is 0.776. The van der Waals surface area contributed by atoms with Crippen molar-refractivity contribution in [1.29, 1.82) is 0 Å². The summed E-state index contributed by atoms with van der Waals surface area (Å²) in [4.78, 5) is 76.5. The first kappa shape index (κ1) is 83.2. The zero-order chi connectivity index (χ0) is 77.6. The lowest BCUT2D eigenvalue weighted by atomic mass is 10.1. The molecule has 3 aliphatic rings. The summed E-state index contributed by atoms with van der Waals surface area (Å²) in [5, 5.41) is 27.4. The predicted octanol–water partition coefficient (Wildman–Crippen LogP) is 10.9. The van der Waals surface area contributed by atoms with Gasteiger partial charge in [-0.15, -0.1) is 0 Å². The van der Waals surface area contributed by atoms with Crippen LogP contribution in [0.15, 0.2) is 130 Å². The number of amides is 3. The van der Waals surface area contributed by atoms with Crippen molar-refractivity contribution in [2.75, 3.05) is 39.3 Å². The van der Waals surface area contributed by atoms with E-state index in [4.69, 9.17) is 38.5 Å². The number of aryl methyl sites for hydroxylation is 3. The normalized spacial score (nSPS) is 19.5. The third-order valence-electron chi connectivity index (χ3n) is 17.5. The number of carboxylic acids is 3. The molecular formula is C71H79Cl2F7N6O15S3. The number of nitrogens with zero attached hydrogens (tertiary/aromatic N) is 6. The maximum absolute atomic E-state index is 13.9. The number of carbonyl (C=O) groups is 6. The number of alkyl halides is 6. The van der Waals surface area contributed by atoms with Gasteiger partial charge in [-0.25, -0.2) is 29.6 Å². The second-order valence-corrected chi connectivity index (χ2v) is 32.8. The molecule has 3 aliphatic heterocycles. The minimum absolute atomic E-state index is 0.0170. The number of rotatable bonds is 18. The zero-order valence-electron chi connectivity index (χ0n) is 58.0. The van der Waals surface area contributed by atoms with Gasteiger partial charge in [-0.3, -0.25) is 28.8 Å². The van der Waals surface area contributed by atoms with Crippen molar-refractivity contribution < 1.29 is 100 Å². The molecule has 0 aliphatic carbocycles. The Balaban J connectivity index is 0.000000219. The molecule has 6 aromatic rings. The Bertz CT molecular complexity index is 4360. The Kier molecular flexibility index (Phi) is 26.9. The fourth-order valence-corrected chi connectivity index (χ4v) is 19.5. The summed E-state index contributed by atoms with van der Waals surface area (Å²) in [6, 6.07) is 22.6. The van der Waals surface area contributed by atoms with Crippen LogP contribution in [0, 0.1) is 26.6 Å². The van der Waals surface area contributed by atoms with E-state index in [1.54, 1.807) is 110 Å². The Morgan fingerprint density at radius 1 is 0.404 bits per heavy atom. The number of halogens is 9. The van der Waals surface area contributed by atoms with Gasteiger partial charge in [-0.1, -0.05) is 65.7 Å². The molecule has 3 unspecified atom stereocenters. The van der Waals surface area contributed by atoms with Gasteiger partial charge in [-0.2, -0.15) is 39.3 Å². The van der Waals surface area contributed by atoms with Crippen LogP contribution in [0.1, 0.15) is 103 Å². The van der Waals surface area contributed by atoms with E-state index in [-0.39, 0.29) is 110 Å². The lowest BCUT2D eigenvalue weighted by Gasteiger charge is -2.43. The summed E-state index contributed by atoms with van der Waals surface area (Å²) in [5.41, 5.74) is 1.95. The number of carbonyl (C=O) groups excluding carboxylic acids is 3. The first-order chi connectivity index (χ1) is 48.2. The molecule has 104 heavy (non-hydrogen) atoms. The van der Waals surface area contributed by atoms with Crippen LogP contribution < -0.4 is 0 Å². The molecule has 0 saturated carbocycles. The second-order valence-electron chi connectivity index (χ2n) is 26.4. The average molecular weight is 1560 g/mol. The van der Waals surface area contributed by atoms with E-state index in [2.05, 4.69) is 0 Å². The number of piperazine rings is 3. The Hall–Kier alpha value is -8.04. The van der Waals surface area contributed by atoms with Crippen LogP contribution in [0.25, 0.3) is 0 Å². The van der Waals surface area contributed by atoms with Crippen LogP contribution in [0.5, 0.6) is 0 Å². The van der Waals surface area contributed by atoms with Gasteiger partial charge in [0.05, 0.1) is 69.4 Å². The maximum atomic E-state index is 13.9. The molecule has 9 rings (SSSR count). The molecule has 21 nitrogen and oxygen atoms in total. The molecule has 564 valence electrons. The van der Waals surface area contributed by atoms with Crippen molar-refractivity contribution in [2.45, 2.75) is 164 Å². The van der Waals surface area contributed by atoms with Crippen molar-refractivity contribution in [3.05, 3.63) is 192 Å². The molecule has 0 spiro atoms. The number of carboxylic acid groups (broad SMARTS) is 3. The molecule has 33 heteroatoms. The van der Waals surface area contributed by atoms with Crippen molar-refractivity contribution in [3.8, 4) is 0 Å². The highest BCUT2D eigenvalue weighted by atomic mass is 35.5. The molecule has 0 radical (unpaired) electrons. The number of hydrogen-bond donors (Lipinski definition) is 3. The summed E-state index contributed by atoms with van der Waals surface area (Å²) in [5.74, 6) is -5.55. The molecule has 3 N–H and O–H groups in total. The lowest BCUT2D eigenvalue weighted by Crippen LogP contribution is -2.59. The van der Waals surface area contributed by atoms with Crippen LogP contribution in [0.2, 0.25) is 10.0 Å². The Morgan fingerprint density at radius 3 is 1.09 bits per heavy atom. The third kappa shape index (κ3) is 20.9. The fourth-order valence-electron chi connectivity index (χ4n) is 13.2. The topological polar surface area (TPSA) is 285 Å². The largest absolute Gasteiger partial charge is 0.481 e. The zero-order valence-corrected chi connectivity index (χ0v) is 61.9. The Morgan fingerprint density at radius 2 is 0.740 bits per heavy atom. The first-order valence-electron chi connectivity index (χ1n) is 32.5. The minimum Gasteiger partial charge on any atom is -0.481 e. The van der Waals surface area contributed by atoms with E-state index >= 15 is 0 Å². The summed E-state index contributed by atoms with van der Waals surface area (Å²) in [7, 11) is -11.9. The minimum atomic E-state index is -4.84. The van der Waals surface area contributed by atoms with Crippen LogP contribution in [-0.2, 0) is 110 Å². The Labute approximate surface area is 608 Å². The monoisotopic (exact) mass is 1550 g/mol. The highest BCUT2D eigenvalue weighted by molar-refractivity contribution is 7.89. The van der Waals surface area contributed by atoms with Gasteiger partial charge in [0.15, 0.2) is 0 Å². The van der Waals surface area contributed by atoms with Gasteiger partial charge < -0.3 is 30.0 Å². The van der Waals surface area contributed by atoms with Crippen LogP contribution in [0.4, 0.5) is 30.7 Å². The number of hydrogen-bond acceptors (Lipinski definition) is 12. The standard InChI is InChI=1S/C24H26ClF3N2O5S.C24H26F4N2O5S.C23H27ClN2O5S/c2*1-14-6-18(11-23(32)33)8-19(7-14)36(34,35)30-15(2)12-29(13-16(30)3)22(31)10-17-4-5-20(21(25)9-17)24(26,27)28;1-15-4-9-21(11-19(15)12-23(28)29)32(30,31)26-16(2)13-25(14-17(26)3)22(27)10-18-5-7-20(24)8-6-18/h2*4-9,15-16H,10-13H2,1-3H3,(H,32,33);4-9,11,16-17H,10,12-14H2,1-3H3,(H,28,29)/t2*15-,16?;16-,17?/m000/s1. The van der Waals surface area contributed by atoms with Crippen molar-refractivity contribution in [1.82, 2.24) is 27.6 Å². The number of sulfonamides is 3. The van der Waals surface area contributed by atoms with Gasteiger partial charge in [0.2, 0.25) is 47.8 Å². The van der Waals surface area contributed by atoms with Crippen LogP contribution in [0.3, 0.4) is 0 Å². The molecule has 3 amide bonds. The van der Waals surface area contributed by atoms with E-state index in [9.17, 15) is 84.8 Å². The summed E-state index contributed by atoms with van der Waals surface area (Å²) in [6.45, 7) is 16.0. The first-order valence-corrected chi connectivity index (χ1v) is 37.6. The van der Waals surface area contributed by atoms with E-state index in [1.165, 1.54) is 65.2 Å². The van der Waals surface area contributed by atoms with Gasteiger partial charge in [0, 0.05) is 80.5 Å². The number of benzene rings is 6. The summed E-state index contributed by atoms with van der Waals surface area (Å²) >= 11 is 11.7. The highest BCUT2D eigenvalue weighted by Gasteiger charge is 2.44. The van der Waals surface area contributed by atoms with E-state index in [0.29, 0.717) is 50.5 Å². The van der Waals surface area contributed by atoms with Gasteiger partial charge in [-0.05, 0) is 185 Å². The SMILES string of the molecule is Cc1cc(CC(=O)O)cc(S(=O)(=O)N2C(C)CN(C(=O)Cc3ccc(C(F)(F)F)c(Cl)c3)C[C@@H]2C)c1.Cc1cc(CC(=O)O)cc(S(=O)(=O)N2C(C)CN(C(=O)Cc3ccc(C(F)(F)F)c(F)c3)C[C@@H]2C)c1.Cc1ccc(S(=O)(=O)N2C(C)CN(C(=O)Cc3ccc(Cl)cc3)C[C@@H]2C)cc1CC(=O)O. The lowest BCUT2D eigenvalue weighted by molar-refractivity contribution is -0.140. The molecule has 0 bridgehead atoms. The van der Waals surface area contributed by atoms with Gasteiger partial charge in [0.1, 0.15) is 5.82 Å². The van der Waals surface area contributed by atoms with Crippen LogP contribution >= 0.6 is 23.2 Å². The highest BCUT2D eigenvalue weighted by Crippen LogP contribution is 2.37. The summed E-state index contributed by atoms with van der Waals surface area (Å²) < 4.78 is 176. The fraction of sp³-hybridized carbons (Fsp3) is 0.408. The van der Waals surface area contributed by atoms with E-state index in [1.807, 2.05) is 0 Å². The van der Waals surface area contributed by atoms with Gasteiger partial charge in [0.25, 0.3) is 0 Å². The second kappa shape index (κ2) is 33.6. The van der Waals surface area contributed by atoms with E-state index < -0.39 is 124 Å². The van der Waals surface area contributed by atoms with Crippen molar-refractivity contribution in [2.24, 2.45) is 0 Å². The summed E-state index contributed by atoms with van der Waals surface area (Å²) in [6.07, 6.45) is -10.6. The maximum Gasteiger partial charge on any atom is 0.419 e. The molecule has 3 saturated heterocycles. The quantitative estimate of drug-likeness (QED) is 0.0674. The van der Waals surface area contributed by atoms with Crippen molar-refractivity contribution in [3.63, 3.8) is 0 Å². The van der Waals surface area contributed by atoms with Crippen LogP contribution in [-0.4, -0.2) is 179 Å². The third-order valence-corrected chi connectivity index (χ3v) is 24.5. The molecular weight excluding hydrogens is 1480 g/mol. The molecule has 0 aromatic heterocycles. The molecule has 3 fully saturated rings. The molecule has 6 atom stereocenters. The predicted molar refractivity (Wildman–Crippen MR) is 372 cm³/mol. The van der Waals surface area contributed by atoms with E-state index in [0.717, 1.165) is 29.3 Å². The molecule has 6 aromatic carbocycles.